The number of aliphatic carboxylic acids is 1. The number of carbonyl (C=O) groups is 3. The van der Waals surface area contributed by atoms with E-state index in [4.69, 9.17) is 4.42 Å². The van der Waals surface area contributed by atoms with Crippen LogP contribution in [0.3, 0.4) is 0 Å². The first-order valence-corrected chi connectivity index (χ1v) is 15.8. The van der Waals surface area contributed by atoms with Gasteiger partial charge in [-0.2, -0.15) is 0 Å². The van der Waals surface area contributed by atoms with Gasteiger partial charge in [0, 0.05) is 15.4 Å². The third-order valence-corrected chi connectivity index (χ3v) is 9.49. The number of hydrogen-bond donors (Lipinski definition) is 4. The number of rotatable bonds is 11. The van der Waals surface area contributed by atoms with Crippen molar-refractivity contribution in [2.24, 2.45) is 11.8 Å². The summed E-state index contributed by atoms with van der Waals surface area (Å²) >= 11 is 1.63. The Morgan fingerprint density at radius 3 is 2.50 bits per heavy atom. The molecule has 9 nitrogen and oxygen atoms in total. The lowest BCUT2D eigenvalue weighted by Crippen LogP contribution is -2.66. The van der Waals surface area contributed by atoms with E-state index in [1.54, 1.807) is 55.0 Å². The van der Waals surface area contributed by atoms with Gasteiger partial charge in [0.1, 0.15) is 11.8 Å². The molecule has 1 aliphatic carbocycles. The third-order valence-electron chi connectivity index (χ3n) is 8.34. The Morgan fingerprint density at radius 1 is 1.07 bits per heavy atom. The lowest BCUT2D eigenvalue weighted by molar-refractivity contribution is -0.156. The Kier molecular flexibility index (Phi) is 9.51. The van der Waals surface area contributed by atoms with Crippen LogP contribution in [0.25, 0.3) is 0 Å². The maximum absolute atomic E-state index is 14.1. The van der Waals surface area contributed by atoms with E-state index in [1.165, 1.54) is 6.26 Å². The predicted molar refractivity (Wildman–Crippen MR) is 171 cm³/mol. The molecule has 44 heavy (non-hydrogen) atoms. The number of amides is 2. The summed E-state index contributed by atoms with van der Waals surface area (Å²) in [6, 6.07) is 15.0. The predicted octanol–water partition coefficient (Wildman–Crippen LogP) is 6.02. The average Bonchev–Trinajstić information content (AvgIpc) is 3.54. The van der Waals surface area contributed by atoms with Gasteiger partial charge in [0.05, 0.1) is 23.7 Å². The number of benzene rings is 2. The molecule has 3 aromatic rings. The maximum atomic E-state index is 14.1. The largest absolute Gasteiger partial charge is 0.479 e. The van der Waals surface area contributed by atoms with Crippen molar-refractivity contribution in [2.45, 2.75) is 66.9 Å². The zero-order valence-corrected chi connectivity index (χ0v) is 26.3. The van der Waals surface area contributed by atoms with Crippen LogP contribution in [-0.2, 0) is 15.1 Å². The molecule has 0 saturated heterocycles. The smallest absolute Gasteiger partial charge is 0.334 e. The van der Waals surface area contributed by atoms with E-state index >= 15 is 0 Å². The van der Waals surface area contributed by atoms with Gasteiger partial charge in [-0.15, -0.1) is 0 Å². The van der Waals surface area contributed by atoms with Gasteiger partial charge in [0.2, 0.25) is 5.91 Å². The number of para-hydroxylation sites is 1. The second-order valence-electron chi connectivity index (χ2n) is 12.0. The first-order valence-electron chi connectivity index (χ1n) is 15.0. The van der Waals surface area contributed by atoms with E-state index in [-0.39, 0.29) is 23.5 Å². The van der Waals surface area contributed by atoms with E-state index in [9.17, 15) is 19.5 Å². The number of carboxylic acid groups (broad SMARTS) is 1. The minimum atomic E-state index is -1.68. The summed E-state index contributed by atoms with van der Waals surface area (Å²) in [7, 11) is 3.35. The number of fused-ring (bicyclic) bond motifs is 2. The summed E-state index contributed by atoms with van der Waals surface area (Å²) in [5.74, 6) is -1.90. The molecule has 0 bridgehead atoms. The second-order valence-corrected chi connectivity index (χ2v) is 13.1. The van der Waals surface area contributed by atoms with Crippen molar-refractivity contribution in [1.29, 1.82) is 0 Å². The number of nitrogens with one attached hydrogen (secondary N) is 3. The van der Waals surface area contributed by atoms with E-state index in [1.807, 2.05) is 56.3 Å². The molecule has 1 unspecified atom stereocenters. The average molecular weight is 617 g/mol. The van der Waals surface area contributed by atoms with Gasteiger partial charge < -0.3 is 25.5 Å². The molecule has 5 rings (SSSR count). The second kappa shape index (κ2) is 13.3. The minimum Gasteiger partial charge on any atom is -0.479 e. The van der Waals surface area contributed by atoms with Crippen molar-refractivity contribution in [2.75, 3.05) is 19.4 Å². The third kappa shape index (κ3) is 6.27. The van der Waals surface area contributed by atoms with Crippen LogP contribution in [0.5, 0.6) is 0 Å². The molecule has 0 spiro atoms. The van der Waals surface area contributed by atoms with Crippen molar-refractivity contribution < 1.29 is 23.9 Å². The zero-order chi connectivity index (χ0) is 31.4. The Morgan fingerprint density at radius 2 is 1.84 bits per heavy atom. The molecule has 0 fully saturated rings. The first-order chi connectivity index (χ1) is 21.1. The summed E-state index contributed by atoms with van der Waals surface area (Å²) in [4.78, 5) is 44.6. The molecule has 2 aliphatic rings. The maximum Gasteiger partial charge on any atom is 0.334 e. The van der Waals surface area contributed by atoms with Gasteiger partial charge in [-0.3, -0.25) is 14.5 Å². The fourth-order valence-corrected chi connectivity index (χ4v) is 7.16. The van der Waals surface area contributed by atoms with E-state index in [0.29, 0.717) is 18.4 Å². The van der Waals surface area contributed by atoms with Crippen LogP contribution in [0.2, 0.25) is 0 Å². The highest BCUT2D eigenvalue weighted by molar-refractivity contribution is 7.99. The fraction of sp³-hybridized carbons (Fsp3) is 0.382. The van der Waals surface area contributed by atoms with Crippen LogP contribution in [-0.4, -0.2) is 54.0 Å². The molecule has 2 amide bonds. The number of allylic oxidation sites excluding steroid dienone is 1. The molecule has 2 aromatic carbocycles. The van der Waals surface area contributed by atoms with Crippen LogP contribution in [0, 0.1) is 11.8 Å². The fourth-order valence-electron chi connectivity index (χ4n) is 6.19. The van der Waals surface area contributed by atoms with Gasteiger partial charge >= 0.3 is 5.97 Å². The molecular weight excluding hydrogens is 576 g/mol. The topological polar surface area (TPSA) is 124 Å². The van der Waals surface area contributed by atoms with Crippen molar-refractivity contribution in [3.05, 3.63) is 84.3 Å². The summed E-state index contributed by atoms with van der Waals surface area (Å²) < 4.78 is 5.71. The number of nitrogens with zero attached hydrogens (tertiary/aromatic N) is 1. The molecule has 2 heterocycles. The van der Waals surface area contributed by atoms with Crippen LogP contribution < -0.4 is 16.0 Å². The molecular formula is C34H40N4O5S. The lowest BCUT2D eigenvalue weighted by Gasteiger charge is -2.44. The monoisotopic (exact) mass is 616 g/mol. The normalized spacial score (nSPS) is 18.4. The molecule has 4 N–H and O–H groups in total. The van der Waals surface area contributed by atoms with Crippen LogP contribution in [0.15, 0.2) is 87.2 Å². The van der Waals surface area contributed by atoms with Crippen molar-refractivity contribution in [1.82, 2.24) is 15.5 Å². The van der Waals surface area contributed by atoms with Crippen LogP contribution >= 0.6 is 11.8 Å². The van der Waals surface area contributed by atoms with Gasteiger partial charge in [-0.1, -0.05) is 49.9 Å². The molecule has 232 valence electrons. The molecule has 0 radical (unpaired) electrons. The molecule has 10 heteroatoms. The summed E-state index contributed by atoms with van der Waals surface area (Å²) in [5, 5.41) is 20.2. The van der Waals surface area contributed by atoms with Crippen molar-refractivity contribution in [3.63, 3.8) is 0 Å². The van der Waals surface area contributed by atoms with E-state index < -0.39 is 29.5 Å². The lowest BCUT2D eigenvalue weighted by atomic mass is 9.75. The SMILES string of the molecule is CC(C)C[C@H](NC(=O)c1ccc2c(c1)Nc1ccccc1S2)C(=O)N[C@@H](C1C=CCCC1)[C@@](C(=O)O)(c1ccco1)N(C)C. The molecule has 1 aliphatic heterocycles. The Bertz CT molecular complexity index is 1540. The Labute approximate surface area is 262 Å². The van der Waals surface area contributed by atoms with Gasteiger partial charge in [0.15, 0.2) is 5.54 Å². The Hall–Kier alpha value is -4.02. The standard InChI is InChI=1S/C34H40N4O5S/c1-21(2)19-26(36-31(39)23-16-17-28-25(20-23)35-24-13-8-9-14-27(24)44-28)32(40)37-30(22-11-6-5-7-12-22)34(33(41)42,38(3)4)29-15-10-18-43-29/h6,8-11,13-18,20-22,26,30,35H,5,7,12,19H2,1-4H3,(H,36,39)(H,37,40)(H,41,42)/t22?,26-,30-,34+/m0/s1. The van der Waals surface area contributed by atoms with Crippen LogP contribution in [0.1, 0.15) is 55.6 Å². The number of carbonyl (C=O) groups excluding carboxylic acids is 2. The van der Waals surface area contributed by atoms with E-state index in [2.05, 4.69) is 16.0 Å². The highest BCUT2D eigenvalue weighted by Crippen LogP contribution is 2.44. The summed E-state index contributed by atoms with van der Waals surface area (Å²) in [6.45, 7) is 3.96. The van der Waals surface area contributed by atoms with Crippen molar-refractivity contribution >= 4 is 40.9 Å². The minimum absolute atomic E-state index is 0.0836. The Balaban J connectivity index is 1.43. The molecule has 4 atom stereocenters. The van der Waals surface area contributed by atoms with Gasteiger partial charge in [-0.05, 0) is 94.1 Å². The number of carboxylic acids is 1. The highest BCUT2D eigenvalue weighted by atomic mass is 32.2. The zero-order valence-electron chi connectivity index (χ0n) is 25.5. The first kappa shape index (κ1) is 31.4. The van der Waals surface area contributed by atoms with E-state index in [0.717, 1.165) is 34.0 Å². The number of hydrogen-bond acceptors (Lipinski definition) is 7. The number of likely N-dealkylation sites (N-methyl/N-ethyl adjacent to an activating group) is 1. The molecule has 0 saturated carbocycles. The molecule has 1 aromatic heterocycles. The number of anilines is 2. The van der Waals surface area contributed by atoms with Gasteiger partial charge in [0.25, 0.3) is 5.91 Å². The highest BCUT2D eigenvalue weighted by Gasteiger charge is 2.55. The summed E-state index contributed by atoms with van der Waals surface area (Å²) in [5.41, 5.74) is 0.539. The van der Waals surface area contributed by atoms with Crippen molar-refractivity contribution in [3.8, 4) is 0 Å². The van der Waals surface area contributed by atoms with Gasteiger partial charge in [-0.25, -0.2) is 4.79 Å². The summed E-state index contributed by atoms with van der Waals surface area (Å²) in [6.07, 6.45) is 8.31. The number of furan rings is 1. The van der Waals surface area contributed by atoms with Crippen LogP contribution in [0.4, 0.5) is 11.4 Å². The quantitative estimate of drug-likeness (QED) is 0.151.